The van der Waals surface area contributed by atoms with Crippen LogP contribution >= 0.6 is 27.7 Å². The maximum Gasteiger partial charge on any atom is 0.0159 e. The zero-order valence-electron chi connectivity index (χ0n) is 9.75. The van der Waals surface area contributed by atoms with Gasteiger partial charge in [0, 0.05) is 37.3 Å². The van der Waals surface area contributed by atoms with E-state index in [1.165, 1.54) is 57.2 Å². The molecule has 0 aliphatic carbocycles. The van der Waals surface area contributed by atoms with Crippen LogP contribution in [0.15, 0.2) is 0 Å². The van der Waals surface area contributed by atoms with Crippen LogP contribution in [0.3, 0.4) is 0 Å². The molecule has 0 spiro atoms. The Labute approximate surface area is 107 Å². The lowest BCUT2D eigenvalue weighted by molar-refractivity contribution is 0.274. The van der Waals surface area contributed by atoms with Crippen LogP contribution in [0.4, 0.5) is 0 Å². The molecule has 4 heteroatoms. The van der Waals surface area contributed by atoms with Gasteiger partial charge in [0.25, 0.3) is 0 Å². The molecule has 0 unspecified atom stereocenters. The van der Waals surface area contributed by atoms with Crippen molar-refractivity contribution in [3.63, 3.8) is 0 Å². The van der Waals surface area contributed by atoms with Gasteiger partial charge in [0.05, 0.1) is 0 Å². The molecule has 90 valence electrons. The topological polar surface area (TPSA) is 6.48 Å². The molecule has 0 radical (unpaired) electrons. The fourth-order valence-corrected chi connectivity index (χ4v) is 3.11. The van der Waals surface area contributed by atoms with E-state index in [9.17, 15) is 0 Å². The number of nitrogens with zero attached hydrogens (tertiary/aromatic N) is 2. The fraction of sp³-hybridized carbons (Fsp3) is 1.00. The van der Waals surface area contributed by atoms with Crippen LogP contribution in [0.2, 0.25) is 0 Å². The lowest BCUT2D eigenvalue weighted by Gasteiger charge is -2.20. The smallest absolute Gasteiger partial charge is 0.0159 e. The van der Waals surface area contributed by atoms with Crippen LogP contribution in [0.1, 0.15) is 13.3 Å². The Morgan fingerprint density at radius 2 is 1.73 bits per heavy atom. The summed E-state index contributed by atoms with van der Waals surface area (Å²) in [5, 5.41) is 1.11. The van der Waals surface area contributed by atoms with Crippen molar-refractivity contribution in [1.29, 1.82) is 0 Å². The quantitative estimate of drug-likeness (QED) is 0.547. The molecule has 1 saturated heterocycles. The number of hydrogen-bond acceptors (Lipinski definition) is 3. The average molecular weight is 295 g/mol. The maximum atomic E-state index is 3.52. The van der Waals surface area contributed by atoms with Crippen LogP contribution in [0.5, 0.6) is 0 Å². The maximum absolute atomic E-state index is 3.52. The van der Waals surface area contributed by atoms with Gasteiger partial charge in [-0.15, -0.1) is 0 Å². The Hall–Kier alpha value is 0.750. The molecule has 1 heterocycles. The summed E-state index contributed by atoms with van der Waals surface area (Å²) in [6, 6.07) is 0. The minimum absolute atomic E-state index is 1.11. The zero-order valence-corrected chi connectivity index (χ0v) is 12.2. The van der Waals surface area contributed by atoms with Gasteiger partial charge in [0.1, 0.15) is 0 Å². The number of hydrogen-bond donors (Lipinski definition) is 0. The molecule has 1 aliphatic rings. The highest BCUT2D eigenvalue weighted by atomic mass is 79.9. The first-order chi connectivity index (χ1) is 7.36. The molecule has 0 bridgehead atoms. The second-order valence-corrected chi connectivity index (χ2v) is 6.11. The Morgan fingerprint density at radius 3 is 2.33 bits per heavy atom. The highest BCUT2D eigenvalue weighted by Gasteiger charge is 2.13. The van der Waals surface area contributed by atoms with Crippen LogP contribution in [-0.2, 0) is 0 Å². The Morgan fingerprint density at radius 1 is 1.07 bits per heavy atom. The minimum Gasteiger partial charge on any atom is -0.301 e. The van der Waals surface area contributed by atoms with Crippen LogP contribution < -0.4 is 0 Å². The van der Waals surface area contributed by atoms with Crippen LogP contribution in [0, 0.1) is 0 Å². The van der Waals surface area contributed by atoms with Crippen molar-refractivity contribution in [3.8, 4) is 0 Å². The zero-order chi connectivity index (χ0) is 10.9. The predicted molar refractivity (Wildman–Crippen MR) is 74.3 cm³/mol. The standard InChI is InChI=1S/C11H23BrN2S/c1-2-15-11-10-14-6-3-5-13(7-4-12)8-9-14/h2-11H2,1H3. The SMILES string of the molecule is CCSCCN1CCCN(CCBr)CC1. The van der Waals surface area contributed by atoms with Crippen molar-refractivity contribution in [2.24, 2.45) is 0 Å². The number of alkyl halides is 1. The van der Waals surface area contributed by atoms with Gasteiger partial charge in [-0.1, -0.05) is 22.9 Å². The summed E-state index contributed by atoms with van der Waals surface area (Å²) in [4.78, 5) is 5.19. The van der Waals surface area contributed by atoms with Gasteiger partial charge >= 0.3 is 0 Å². The second kappa shape index (κ2) is 8.85. The lowest BCUT2D eigenvalue weighted by Crippen LogP contribution is -2.32. The fourth-order valence-electron chi connectivity index (χ4n) is 1.93. The molecular weight excluding hydrogens is 272 g/mol. The summed E-state index contributed by atoms with van der Waals surface area (Å²) >= 11 is 5.58. The number of rotatable bonds is 6. The monoisotopic (exact) mass is 294 g/mol. The number of thioether (sulfide) groups is 1. The van der Waals surface area contributed by atoms with Gasteiger partial charge in [-0.2, -0.15) is 11.8 Å². The Kier molecular flexibility index (Phi) is 8.15. The largest absolute Gasteiger partial charge is 0.301 e. The van der Waals surface area contributed by atoms with E-state index < -0.39 is 0 Å². The number of halogens is 1. The van der Waals surface area contributed by atoms with Gasteiger partial charge in [-0.3, -0.25) is 0 Å². The third kappa shape index (κ3) is 6.15. The first-order valence-corrected chi connectivity index (χ1v) is 8.23. The van der Waals surface area contributed by atoms with Crippen LogP contribution in [-0.4, -0.2) is 65.9 Å². The van der Waals surface area contributed by atoms with E-state index in [1.807, 2.05) is 0 Å². The van der Waals surface area contributed by atoms with Crippen molar-refractivity contribution < 1.29 is 0 Å². The summed E-state index contributed by atoms with van der Waals surface area (Å²) in [6.07, 6.45) is 1.34. The van der Waals surface area contributed by atoms with Gasteiger partial charge in [0.2, 0.25) is 0 Å². The molecule has 0 aromatic heterocycles. The van der Waals surface area contributed by atoms with Crippen molar-refractivity contribution in [2.75, 3.05) is 56.1 Å². The second-order valence-electron chi connectivity index (χ2n) is 3.92. The normalized spacial score (nSPS) is 20.4. The molecule has 0 amide bonds. The van der Waals surface area contributed by atoms with Crippen molar-refractivity contribution in [3.05, 3.63) is 0 Å². The average Bonchev–Trinajstić information content (AvgIpc) is 2.45. The molecule has 0 aromatic carbocycles. The molecule has 0 aromatic rings. The third-order valence-corrected chi connectivity index (χ3v) is 4.07. The van der Waals surface area contributed by atoms with E-state index in [-0.39, 0.29) is 0 Å². The van der Waals surface area contributed by atoms with E-state index in [0.29, 0.717) is 0 Å². The molecule has 1 aliphatic heterocycles. The molecule has 0 atom stereocenters. The van der Waals surface area contributed by atoms with Crippen molar-refractivity contribution >= 4 is 27.7 Å². The molecule has 2 nitrogen and oxygen atoms in total. The molecule has 0 N–H and O–H groups in total. The molecule has 1 fully saturated rings. The predicted octanol–water partition coefficient (Wildman–Crippen LogP) is 2.14. The van der Waals surface area contributed by atoms with Gasteiger partial charge in [-0.05, 0) is 25.3 Å². The first kappa shape index (κ1) is 13.8. The van der Waals surface area contributed by atoms with E-state index >= 15 is 0 Å². The van der Waals surface area contributed by atoms with Crippen molar-refractivity contribution in [1.82, 2.24) is 9.80 Å². The first-order valence-electron chi connectivity index (χ1n) is 5.95. The van der Waals surface area contributed by atoms with Gasteiger partial charge < -0.3 is 9.80 Å². The van der Waals surface area contributed by atoms with E-state index in [4.69, 9.17) is 0 Å². The van der Waals surface area contributed by atoms with Crippen molar-refractivity contribution in [2.45, 2.75) is 13.3 Å². The molecule has 0 saturated carbocycles. The molecule has 15 heavy (non-hydrogen) atoms. The van der Waals surface area contributed by atoms with Gasteiger partial charge in [-0.25, -0.2) is 0 Å². The van der Waals surface area contributed by atoms with E-state index in [2.05, 4.69) is 44.4 Å². The lowest BCUT2D eigenvalue weighted by atomic mass is 10.4. The Bertz CT molecular complexity index is 158. The molecule has 1 rings (SSSR count). The summed E-state index contributed by atoms with van der Waals surface area (Å²) in [6.45, 7) is 9.81. The summed E-state index contributed by atoms with van der Waals surface area (Å²) in [5.74, 6) is 2.55. The van der Waals surface area contributed by atoms with E-state index in [1.54, 1.807) is 0 Å². The molecular formula is C11H23BrN2S. The van der Waals surface area contributed by atoms with E-state index in [0.717, 1.165) is 5.33 Å². The summed E-state index contributed by atoms with van der Waals surface area (Å²) in [5.41, 5.74) is 0. The summed E-state index contributed by atoms with van der Waals surface area (Å²) in [7, 11) is 0. The van der Waals surface area contributed by atoms with Crippen LogP contribution in [0.25, 0.3) is 0 Å². The highest BCUT2D eigenvalue weighted by Crippen LogP contribution is 2.05. The minimum atomic E-state index is 1.11. The third-order valence-electron chi connectivity index (χ3n) is 2.84. The van der Waals surface area contributed by atoms with Gasteiger partial charge in [0.15, 0.2) is 0 Å². The Balaban J connectivity index is 2.14. The highest BCUT2D eigenvalue weighted by molar-refractivity contribution is 9.09. The summed E-state index contributed by atoms with van der Waals surface area (Å²) < 4.78 is 0.